The molecule has 0 amide bonds. The molecule has 1 aromatic carbocycles. The molecule has 1 unspecified atom stereocenters. The van der Waals surface area contributed by atoms with Crippen LogP contribution in [-0.4, -0.2) is 51.6 Å². The van der Waals surface area contributed by atoms with Crippen molar-refractivity contribution in [1.29, 1.82) is 0 Å². The number of anilines is 1. The van der Waals surface area contributed by atoms with Crippen molar-refractivity contribution < 1.29 is 14.2 Å². The summed E-state index contributed by atoms with van der Waals surface area (Å²) in [5, 5.41) is 0.988. The van der Waals surface area contributed by atoms with Crippen LogP contribution in [0.5, 0.6) is 5.75 Å². The summed E-state index contributed by atoms with van der Waals surface area (Å²) >= 11 is 1.68. The Hall–Kier alpha value is -1.37. The molecule has 1 saturated heterocycles. The summed E-state index contributed by atoms with van der Waals surface area (Å²) in [6, 6.07) is 5.97. The number of hydrogen-bond acceptors (Lipinski definition) is 6. The van der Waals surface area contributed by atoms with Gasteiger partial charge in [0.05, 0.1) is 43.3 Å². The molecule has 5 nitrogen and oxygen atoms in total. The van der Waals surface area contributed by atoms with Crippen molar-refractivity contribution in [2.24, 2.45) is 0 Å². The lowest BCUT2D eigenvalue weighted by atomic mass is 10.3. The van der Waals surface area contributed by atoms with Gasteiger partial charge in [-0.05, 0) is 12.1 Å². The summed E-state index contributed by atoms with van der Waals surface area (Å²) in [4.78, 5) is 6.78. The zero-order chi connectivity index (χ0) is 13.9. The molecule has 0 N–H and O–H groups in total. The van der Waals surface area contributed by atoms with Crippen LogP contribution in [0.15, 0.2) is 18.2 Å². The molecule has 1 aliphatic rings. The van der Waals surface area contributed by atoms with Gasteiger partial charge in [-0.25, -0.2) is 4.98 Å². The Morgan fingerprint density at radius 1 is 1.45 bits per heavy atom. The summed E-state index contributed by atoms with van der Waals surface area (Å²) in [5.41, 5.74) is 0.969. The molecular weight excluding hydrogens is 276 g/mol. The number of rotatable bonds is 4. The van der Waals surface area contributed by atoms with E-state index in [1.807, 2.05) is 25.2 Å². The Balaban J connectivity index is 1.75. The number of aromatic nitrogens is 1. The monoisotopic (exact) mass is 294 g/mol. The summed E-state index contributed by atoms with van der Waals surface area (Å²) in [6.45, 7) is 2.82. The summed E-state index contributed by atoms with van der Waals surface area (Å²) in [5.74, 6) is 0.834. The predicted molar refractivity (Wildman–Crippen MR) is 80.0 cm³/mol. The highest BCUT2D eigenvalue weighted by Crippen LogP contribution is 2.30. The van der Waals surface area contributed by atoms with Crippen molar-refractivity contribution in [2.75, 3.05) is 45.4 Å². The first kappa shape index (κ1) is 13.6. The number of likely N-dealkylation sites (N-methyl/N-ethyl adjacent to an activating group) is 1. The van der Waals surface area contributed by atoms with E-state index in [1.54, 1.807) is 18.4 Å². The number of benzene rings is 1. The van der Waals surface area contributed by atoms with Crippen LogP contribution in [0, 0.1) is 0 Å². The average Bonchev–Trinajstić information content (AvgIpc) is 2.91. The number of ether oxygens (including phenoxy) is 3. The third-order valence-electron chi connectivity index (χ3n) is 3.27. The normalized spacial score (nSPS) is 19.2. The minimum absolute atomic E-state index is 0.121. The van der Waals surface area contributed by atoms with Crippen LogP contribution in [0.3, 0.4) is 0 Å². The van der Waals surface area contributed by atoms with E-state index in [4.69, 9.17) is 14.2 Å². The molecule has 0 aliphatic carbocycles. The van der Waals surface area contributed by atoms with Gasteiger partial charge in [-0.2, -0.15) is 0 Å². The van der Waals surface area contributed by atoms with Gasteiger partial charge in [0, 0.05) is 19.7 Å². The van der Waals surface area contributed by atoms with E-state index in [0.29, 0.717) is 19.8 Å². The minimum atomic E-state index is 0.121. The van der Waals surface area contributed by atoms with Crippen molar-refractivity contribution in [3.05, 3.63) is 18.2 Å². The van der Waals surface area contributed by atoms with Gasteiger partial charge in [-0.15, -0.1) is 0 Å². The van der Waals surface area contributed by atoms with Crippen LogP contribution in [0.2, 0.25) is 0 Å². The van der Waals surface area contributed by atoms with Gasteiger partial charge < -0.3 is 19.1 Å². The molecule has 0 spiro atoms. The van der Waals surface area contributed by atoms with Crippen LogP contribution >= 0.6 is 11.3 Å². The second kappa shape index (κ2) is 5.95. The Labute approximate surface area is 122 Å². The number of hydrogen-bond donors (Lipinski definition) is 0. The predicted octanol–water partition coefficient (Wildman–Crippen LogP) is 2.16. The second-order valence-electron chi connectivity index (χ2n) is 4.78. The van der Waals surface area contributed by atoms with E-state index < -0.39 is 0 Å². The van der Waals surface area contributed by atoms with Gasteiger partial charge in [0.2, 0.25) is 0 Å². The Bertz CT molecular complexity index is 581. The molecule has 2 heterocycles. The van der Waals surface area contributed by atoms with Crippen LogP contribution in [-0.2, 0) is 9.47 Å². The Kier molecular flexibility index (Phi) is 4.05. The van der Waals surface area contributed by atoms with Gasteiger partial charge >= 0.3 is 0 Å². The number of fused-ring (bicyclic) bond motifs is 1. The highest BCUT2D eigenvalue weighted by molar-refractivity contribution is 7.22. The first-order chi connectivity index (χ1) is 9.76. The number of nitrogens with zero attached hydrogens (tertiary/aromatic N) is 2. The van der Waals surface area contributed by atoms with E-state index in [-0.39, 0.29) is 6.10 Å². The fraction of sp³-hybridized carbons (Fsp3) is 0.500. The van der Waals surface area contributed by atoms with Crippen LogP contribution in [0.1, 0.15) is 0 Å². The van der Waals surface area contributed by atoms with Crippen molar-refractivity contribution in [3.63, 3.8) is 0 Å². The lowest BCUT2D eigenvalue weighted by molar-refractivity contribution is -0.0837. The Morgan fingerprint density at radius 3 is 3.10 bits per heavy atom. The molecule has 6 heteroatoms. The first-order valence-corrected chi connectivity index (χ1v) is 7.43. The van der Waals surface area contributed by atoms with E-state index >= 15 is 0 Å². The molecule has 0 radical (unpaired) electrons. The zero-order valence-electron chi connectivity index (χ0n) is 11.7. The van der Waals surface area contributed by atoms with E-state index in [9.17, 15) is 0 Å². The quantitative estimate of drug-likeness (QED) is 0.864. The van der Waals surface area contributed by atoms with Gasteiger partial charge in [-0.3, -0.25) is 0 Å². The van der Waals surface area contributed by atoms with Gasteiger partial charge in [-0.1, -0.05) is 11.3 Å². The minimum Gasteiger partial charge on any atom is -0.497 e. The molecule has 2 aromatic rings. The second-order valence-corrected chi connectivity index (χ2v) is 5.79. The lowest BCUT2D eigenvalue weighted by Crippen LogP contribution is -2.38. The summed E-state index contributed by atoms with van der Waals surface area (Å²) in [6.07, 6.45) is 0.121. The van der Waals surface area contributed by atoms with E-state index in [2.05, 4.69) is 9.88 Å². The van der Waals surface area contributed by atoms with Gasteiger partial charge in [0.15, 0.2) is 5.13 Å². The molecule has 1 aromatic heterocycles. The highest BCUT2D eigenvalue weighted by atomic mass is 32.1. The molecule has 1 atom stereocenters. The van der Waals surface area contributed by atoms with Crippen molar-refractivity contribution in [2.45, 2.75) is 6.10 Å². The van der Waals surface area contributed by atoms with E-state index in [0.717, 1.165) is 27.6 Å². The molecule has 1 aliphatic heterocycles. The van der Waals surface area contributed by atoms with Crippen LogP contribution < -0.4 is 9.64 Å². The van der Waals surface area contributed by atoms with Crippen molar-refractivity contribution in [1.82, 2.24) is 4.98 Å². The van der Waals surface area contributed by atoms with Gasteiger partial charge in [0.25, 0.3) is 0 Å². The molecule has 3 rings (SSSR count). The molecular formula is C14H18N2O3S. The van der Waals surface area contributed by atoms with E-state index in [1.165, 1.54) is 0 Å². The smallest absolute Gasteiger partial charge is 0.186 e. The SMILES string of the molecule is COc1ccc2sc(N(C)CC3COCCO3)nc2c1. The molecule has 0 bridgehead atoms. The molecule has 108 valence electrons. The number of thiazole rings is 1. The standard InChI is InChI=1S/C14H18N2O3S/c1-16(8-11-9-18-5-6-19-11)14-15-12-7-10(17-2)3-4-13(12)20-14/h3-4,7,11H,5-6,8-9H2,1-2H3. The maximum atomic E-state index is 5.67. The van der Waals surface area contributed by atoms with Crippen LogP contribution in [0.25, 0.3) is 10.2 Å². The fourth-order valence-electron chi connectivity index (χ4n) is 2.21. The fourth-order valence-corrected chi connectivity index (χ4v) is 3.13. The molecule has 1 fully saturated rings. The van der Waals surface area contributed by atoms with Gasteiger partial charge in [0.1, 0.15) is 5.75 Å². The van der Waals surface area contributed by atoms with Crippen LogP contribution in [0.4, 0.5) is 5.13 Å². The zero-order valence-corrected chi connectivity index (χ0v) is 12.5. The summed E-state index contributed by atoms with van der Waals surface area (Å²) in [7, 11) is 3.70. The molecule has 0 saturated carbocycles. The van der Waals surface area contributed by atoms with Crippen molar-refractivity contribution >= 4 is 26.7 Å². The largest absolute Gasteiger partial charge is 0.497 e. The van der Waals surface area contributed by atoms with Crippen molar-refractivity contribution in [3.8, 4) is 5.75 Å². The maximum absolute atomic E-state index is 5.67. The third kappa shape index (κ3) is 2.87. The molecule has 20 heavy (non-hydrogen) atoms. The lowest BCUT2D eigenvalue weighted by Gasteiger charge is -2.27. The topological polar surface area (TPSA) is 43.8 Å². The Morgan fingerprint density at radius 2 is 2.35 bits per heavy atom. The average molecular weight is 294 g/mol. The first-order valence-electron chi connectivity index (χ1n) is 6.61. The summed E-state index contributed by atoms with van der Waals surface area (Å²) < 4.78 is 17.5. The maximum Gasteiger partial charge on any atom is 0.186 e. The highest BCUT2D eigenvalue weighted by Gasteiger charge is 2.18. The number of methoxy groups -OCH3 is 1. The third-order valence-corrected chi connectivity index (χ3v) is 4.42.